The van der Waals surface area contributed by atoms with Gasteiger partial charge in [0.25, 0.3) is 10.0 Å². The summed E-state index contributed by atoms with van der Waals surface area (Å²) in [6, 6.07) is 10.6. The first kappa shape index (κ1) is 25.0. The van der Waals surface area contributed by atoms with Crippen molar-refractivity contribution in [2.75, 3.05) is 13.8 Å². The quantitative estimate of drug-likeness (QED) is 0.263. The van der Waals surface area contributed by atoms with E-state index in [9.17, 15) is 26.0 Å². The van der Waals surface area contributed by atoms with Crippen LogP contribution in [0.3, 0.4) is 0 Å². The van der Waals surface area contributed by atoms with Gasteiger partial charge in [-0.1, -0.05) is 30.3 Å². The van der Waals surface area contributed by atoms with Gasteiger partial charge in [-0.2, -0.15) is 22.3 Å². The smallest absolute Gasteiger partial charge is 0.369 e. The Hall–Kier alpha value is -3.15. The molecule has 0 spiro atoms. The third-order valence-corrected chi connectivity index (χ3v) is 6.84. The number of aromatic nitrogens is 2. The molecule has 0 bridgehead atoms. The molecule has 35 heavy (non-hydrogen) atoms. The van der Waals surface area contributed by atoms with Gasteiger partial charge in [0.1, 0.15) is 6.73 Å². The molecule has 2 aromatic heterocycles. The van der Waals surface area contributed by atoms with Crippen LogP contribution < -0.4 is 4.72 Å². The molecule has 4 rings (SSSR count). The van der Waals surface area contributed by atoms with Gasteiger partial charge in [0.2, 0.25) is 5.95 Å². The fourth-order valence-corrected chi connectivity index (χ4v) is 5.03. The molecule has 184 valence electrons. The zero-order valence-corrected chi connectivity index (χ0v) is 19.4. The van der Waals surface area contributed by atoms with E-state index in [-0.39, 0.29) is 22.5 Å². The van der Waals surface area contributed by atoms with Crippen molar-refractivity contribution in [1.29, 1.82) is 0 Å². The Morgan fingerprint density at radius 3 is 2.40 bits per heavy atom. The number of rotatable bonds is 7. The van der Waals surface area contributed by atoms with Gasteiger partial charge in [-0.3, -0.25) is 0 Å². The van der Waals surface area contributed by atoms with Gasteiger partial charge in [-0.25, -0.2) is 18.4 Å². The lowest BCUT2D eigenvalue weighted by Crippen LogP contribution is -2.27. The first-order valence-corrected chi connectivity index (χ1v) is 12.1. The lowest BCUT2D eigenvalue weighted by molar-refractivity contribution is -0.137. The maximum atomic E-state index is 14.0. The van der Waals surface area contributed by atoms with Crippen LogP contribution in [0, 0.1) is 5.95 Å². The second-order valence-corrected chi connectivity index (χ2v) is 9.51. The lowest BCUT2D eigenvalue weighted by Gasteiger charge is -2.18. The van der Waals surface area contributed by atoms with Crippen LogP contribution in [0.2, 0.25) is 0 Å². The third-order valence-electron chi connectivity index (χ3n) is 5.52. The fourth-order valence-electron chi connectivity index (χ4n) is 3.95. The maximum absolute atomic E-state index is 14.0. The van der Waals surface area contributed by atoms with E-state index < -0.39 is 39.5 Å². The van der Waals surface area contributed by atoms with Crippen molar-refractivity contribution in [1.82, 2.24) is 14.7 Å². The van der Waals surface area contributed by atoms with Crippen LogP contribution >= 0.6 is 0 Å². The zero-order valence-electron chi connectivity index (χ0n) is 18.6. The molecule has 2 heterocycles. The summed E-state index contributed by atoms with van der Waals surface area (Å²) in [5.74, 6) is -1.07. The average Bonchev–Trinajstić information content (AvgIpc) is 3.37. The van der Waals surface area contributed by atoms with Crippen LogP contribution in [-0.2, 0) is 20.9 Å². The van der Waals surface area contributed by atoms with Crippen molar-refractivity contribution in [2.45, 2.75) is 30.5 Å². The number of nitrogens with zero attached hydrogens (tertiary/aromatic N) is 2. The van der Waals surface area contributed by atoms with Crippen molar-refractivity contribution in [3.05, 3.63) is 71.7 Å². The van der Waals surface area contributed by atoms with Crippen LogP contribution in [0.4, 0.5) is 17.6 Å². The highest BCUT2D eigenvalue weighted by Gasteiger charge is 2.36. The molecule has 0 saturated carbocycles. The Bertz CT molecular complexity index is 1390. The van der Waals surface area contributed by atoms with E-state index in [2.05, 4.69) is 14.7 Å². The molecule has 3 aromatic rings. The summed E-state index contributed by atoms with van der Waals surface area (Å²) in [7, 11) is -3.11. The summed E-state index contributed by atoms with van der Waals surface area (Å²) in [6.07, 6.45) is -0.256. The highest BCUT2D eigenvalue weighted by molar-refractivity contribution is 7.89. The van der Waals surface area contributed by atoms with Crippen molar-refractivity contribution in [2.24, 2.45) is 0 Å². The maximum Gasteiger partial charge on any atom is 0.418 e. The van der Waals surface area contributed by atoms with Crippen molar-refractivity contribution in [3.63, 3.8) is 0 Å². The van der Waals surface area contributed by atoms with E-state index in [0.717, 1.165) is 49.1 Å². The summed E-state index contributed by atoms with van der Waals surface area (Å²) in [6.45, 7) is -0.409. The molecule has 0 unspecified atom stereocenters. The lowest BCUT2D eigenvalue weighted by atomic mass is 9.94. The molecule has 0 radical (unpaired) electrons. The Morgan fingerprint density at radius 1 is 1.00 bits per heavy atom. The van der Waals surface area contributed by atoms with Gasteiger partial charge >= 0.3 is 6.18 Å². The number of hydrogen-bond acceptors (Lipinski definition) is 5. The second kappa shape index (κ2) is 9.84. The minimum absolute atomic E-state index is 0.103. The molecule has 0 saturated heterocycles. The number of alkyl halides is 3. The van der Waals surface area contributed by atoms with Crippen molar-refractivity contribution < 1.29 is 30.7 Å². The number of pyridine rings is 2. The van der Waals surface area contributed by atoms with Gasteiger partial charge in [-0.05, 0) is 54.7 Å². The third kappa shape index (κ3) is 5.26. The number of allylic oxidation sites excluding steroid dienone is 2. The minimum atomic E-state index is -4.71. The molecule has 1 N–H and O–H groups in total. The Morgan fingerprint density at radius 2 is 1.74 bits per heavy atom. The van der Waals surface area contributed by atoms with Gasteiger partial charge in [0, 0.05) is 18.2 Å². The Labute approximate surface area is 199 Å². The molecule has 0 atom stereocenters. The van der Waals surface area contributed by atoms with Crippen LogP contribution in [-0.4, -0.2) is 32.2 Å². The van der Waals surface area contributed by atoms with E-state index in [4.69, 9.17) is 4.74 Å². The first-order valence-electron chi connectivity index (χ1n) is 10.6. The normalized spacial score (nSPS) is 14.3. The highest BCUT2D eigenvalue weighted by atomic mass is 32.2. The molecule has 6 nitrogen and oxygen atoms in total. The SMILES string of the molecule is COCNS(=O)(=O)c1nc(F)ccc1-c1ccc(C(F)(F)F)c(-c2ccccc2C2=CCCC2)n1. The van der Waals surface area contributed by atoms with E-state index in [1.807, 2.05) is 6.08 Å². The standard InChI is InChI=1S/C24H21F4N3O3S/c1-34-14-29-35(32,33)23-18(10-13-21(25)31-23)20-12-11-19(24(26,27)28)22(30-20)17-9-5-4-8-16(17)15-6-2-3-7-15/h4-6,8-13,29H,2-3,7,14H2,1H3. The molecular formula is C24H21F4N3O3S. The number of methoxy groups -OCH3 is 1. The molecule has 1 aliphatic carbocycles. The van der Waals surface area contributed by atoms with E-state index in [1.165, 1.54) is 7.11 Å². The van der Waals surface area contributed by atoms with Gasteiger partial charge in [0.15, 0.2) is 5.03 Å². The van der Waals surface area contributed by atoms with Crippen LogP contribution in [0.15, 0.2) is 59.6 Å². The number of ether oxygens (including phenoxy) is 1. The monoisotopic (exact) mass is 507 g/mol. The van der Waals surface area contributed by atoms with Crippen LogP contribution in [0.1, 0.15) is 30.4 Å². The van der Waals surface area contributed by atoms with E-state index in [1.54, 1.807) is 24.3 Å². The molecule has 1 aliphatic rings. The number of benzene rings is 1. The Kier molecular flexibility index (Phi) is 7.02. The van der Waals surface area contributed by atoms with Crippen molar-refractivity contribution in [3.8, 4) is 22.5 Å². The second-order valence-electron chi connectivity index (χ2n) is 7.83. The van der Waals surface area contributed by atoms with Gasteiger partial charge in [-0.15, -0.1) is 0 Å². The molecule has 0 amide bonds. The largest absolute Gasteiger partial charge is 0.418 e. The topological polar surface area (TPSA) is 81.2 Å². The summed E-state index contributed by atoms with van der Waals surface area (Å²) < 4.78 is 88.1. The predicted octanol–water partition coefficient (Wildman–Crippen LogP) is 5.42. The molecule has 0 aliphatic heterocycles. The number of sulfonamides is 1. The average molecular weight is 508 g/mol. The van der Waals surface area contributed by atoms with Crippen molar-refractivity contribution >= 4 is 15.6 Å². The highest BCUT2D eigenvalue weighted by Crippen LogP contribution is 2.41. The molecule has 0 fully saturated rings. The van der Waals surface area contributed by atoms with Gasteiger partial charge in [0.05, 0.1) is 17.0 Å². The predicted molar refractivity (Wildman–Crippen MR) is 122 cm³/mol. The van der Waals surface area contributed by atoms with Crippen LogP contribution in [0.5, 0.6) is 0 Å². The fraction of sp³-hybridized carbons (Fsp3) is 0.250. The summed E-state index contributed by atoms with van der Waals surface area (Å²) in [5, 5.41) is -0.709. The van der Waals surface area contributed by atoms with E-state index >= 15 is 0 Å². The number of halogens is 4. The van der Waals surface area contributed by atoms with Gasteiger partial charge < -0.3 is 4.74 Å². The van der Waals surface area contributed by atoms with Crippen LogP contribution in [0.25, 0.3) is 28.1 Å². The Balaban J connectivity index is 1.95. The zero-order chi connectivity index (χ0) is 25.2. The number of nitrogens with one attached hydrogen (secondary N) is 1. The summed E-state index contributed by atoms with van der Waals surface area (Å²) in [5.41, 5.74) is 0.256. The number of hydrogen-bond donors (Lipinski definition) is 1. The van der Waals surface area contributed by atoms with E-state index in [0.29, 0.717) is 5.56 Å². The summed E-state index contributed by atoms with van der Waals surface area (Å²) >= 11 is 0. The summed E-state index contributed by atoms with van der Waals surface area (Å²) in [4.78, 5) is 7.75. The molecule has 11 heteroatoms. The first-order chi connectivity index (χ1) is 16.6. The molecular weight excluding hydrogens is 486 g/mol. The molecule has 1 aromatic carbocycles. The minimum Gasteiger partial charge on any atom is -0.369 e.